The first-order valence-corrected chi connectivity index (χ1v) is 6.31. The van der Waals surface area contributed by atoms with Crippen molar-refractivity contribution in [2.45, 2.75) is 54.0 Å². The lowest BCUT2D eigenvalue weighted by molar-refractivity contribution is -0.129. The van der Waals surface area contributed by atoms with Crippen LogP contribution in [0.5, 0.6) is 0 Å². The molecule has 102 valence electrons. The second kappa shape index (κ2) is 5.50. The molecular formula is C13H23N3O2. The molecule has 1 amide bonds. The van der Waals surface area contributed by atoms with E-state index in [2.05, 4.69) is 29.4 Å². The molecule has 0 radical (unpaired) electrons. The molecule has 18 heavy (non-hydrogen) atoms. The Labute approximate surface area is 108 Å². The van der Waals surface area contributed by atoms with E-state index < -0.39 is 5.41 Å². The van der Waals surface area contributed by atoms with E-state index >= 15 is 0 Å². The summed E-state index contributed by atoms with van der Waals surface area (Å²) in [4.78, 5) is 12.0. The van der Waals surface area contributed by atoms with Gasteiger partial charge in [0, 0.05) is 12.3 Å². The van der Waals surface area contributed by atoms with Crippen LogP contribution in [0.1, 0.15) is 58.9 Å². The van der Waals surface area contributed by atoms with E-state index in [0.29, 0.717) is 17.7 Å². The third kappa shape index (κ3) is 4.13. The number of aryl methyl sites for hydroxylation is 1. The van der Waals surface area contributed by atoms with Gasteiger partial charge in [0.05, 0.1) is 0 Å². The summed E-state index contributed by atoms with van der Waals surface area (Å²) in [6.45, 7) is 11.6. The summed E-state index contributed by atoms with van der Waals surface area (Å²) in [7, 11) is 0. The highest BCUT2D eigenvalue weighted by molar-refractivity contribution is 5.81. The van der Waals surface area contributed by atoms with Gasteiger partial charge in [0.15, 0.2) is 0 Å². The van der Waals surface area contributed by atoms with Crippen LogP contribution >= 0.6 is 0 Å². The topological polar surface area (TPSA) is 68.0 Å². The minimum absolute atomic E-state index is 0.0102. The highest BCUT2D eigenvalue weighted by atomic mass is 16.4. The van der Waals surface area contributed by atoms with Gasteiger partial charge in [-0.05, 0) is 12.3 Å². The maximum absolute atomic E-state index is 12.0. The molecule has 0 saturated carbocycles. The Balaban J connectivity index is 2.83. The highest BCUT2D eigenvalue weighted by Crippen LogP contribution is 2.22. The van der Waals surface area contributed by atoms with Crippen LogP contribution in [0.15, 0.2) is 4.42 Å². The molecule has 1 aromatic heterocycles. The quantitative estimate of drug-likeness (QED) is 0.895. The van der Waals surface area contributed by atoms with Crippen molar-refractivity contribution in [3.05, 3.63) is 11.8 Å². The van der Waals surface area contributed by atoms with Crippen molar-refractivity contribution >= 4 is 5.91 Å². The van der Waals surface area contributed by atoms with Gasteiger partial charge in [-0.25, -0.2) is 0 Å². The summed E-state index contributed by atoms with van der Waals surface area (Å²) in [5.74, 6) is 1.43. The number of carbonyl (C=O) groups excluding carboxylic acids is 1. The Morgan fingerprint density at radius 2 is 1.94 bits per heavy atom. The predicted octanol–water partition coefficient (Wildman–Crippen LogP) is 2.63. The lowest BCUT2D eigenvalue weighted by Crippen LogP contribution is -2.38. The average molecular weight is 253 g/mol. The van der Waals surface area contributed by atoms with Crippen molar-refractivity contribution < 1.29 is 9.21 Å². The molecule has 5 nitrogen and oxygen atoms in total. The van der Waals surface area contributed by atoms with Crippen LogP contribution in [-0.2, 0) is 4.79 Å². The molecule has 0 aliphatic rings. The van der Waals surface area contributed by atoms with Gasteiger partial charge in [-0.2, -0.15) is 0 Å². The molecule has 0 spiro atoms. The summed E-state index contributed by atoms with van der Waals surface area (Å²) in [5.41, 5.74) is -0.426. The lowest BCUT2D eigenvalue weighted by Gasteiger charge is -2.23. The van der Waals surface area contributed by atoms with E-state index in [4.69, 9.17) is 4.42 Å². The first-order valence-electron chi connectivity index (χ1n) is 6.31. The highest BCUT2D eigenvalue weighted by Gasteiger charge is 2.27. The maximum Gasteiger partial charge on any atom is 0.238 e. The standard InChI is InChI=1S/C13H23N3O2/c1-8(2)7-10(11-16-15-9(3)18-11)14-12(17)13(4,5)6/h8,10H,7H2,1-6H3,(H,14,17). The fourth-order valence-corrected chi connectivity index (χ4v) is 1.52. The summed E-state index contributed by atoms with van der Waals surface area (Å²) >= 11 is 0. The summed E-state index contributed by atoms with van der Waals surface area (Å²) in [6, 6.07) is -0.210. The van der Waals surface area contributed by atoms with E-state index in [0.717, 1.165) is 6.42 Å². The van der Waals surface area contributed by atoms with E-state index in [9.17, 15) is 4.79 Å². The average Bonchev–Trinajstić information content (AvgIpc) is 2.61. The first-order chi connectivity index (χ1) is 8.20. The molecule has 1 atom stereocenters. The van der Waals surface area contributed by atoms with E-state index in [-0.39, 0.29) is 11.9 Å². The van der Waals surface area contributed by atoms with Crippen LogP contribution < -0.4 is 5.32 Å². The number of hydrogen-bond acceptors (Lipinski definition) is 4. The normalized spacial score (nSPS) is 13.7. The SMILES string of the molecule is Cc1nnc(C(CC(C)C)NC(=O)C(C)(C)C)o1. The number of nitrogens with zero attached hydrogens (tertiary/aromatic N) is 2. The predicted molar refractivity (Wildman–Crippen MR) is 68.8 cm³/mol. The van der Waals surface area contributed by atoms with Crippen molar-refractivity contribution in [1.29, 1.82) is 0 Å². The zero-order valence-electron chi connectivity index (χ0n) is 12.1. The molecule has 5 heteroatoms. The Bertz CT molecular complexity index is 405. The minimum atomic E-state index is -0.426. The monoisotopic (exact) mass is 253 g/mol. The van der Waals surface area contributed by atoms with Gasteiger partial charge in [0.25, 0.3) is 0 Å². The van der Waals surface area contributed by atoms with Gasteiger partial charge in [-0.3, -0.25) is 4.79 Å². The Kier molecular flexibility index (Phi) is 4.48. The second-order valence-electron chi connectivity index (χ2n) is 6.06. The fraction of sp³-hybridized carbons (Fsp3) is 0.769. The molecular weight excluding hydrogens is 230 g/mol. The van der Waals surface area contributed by atoms with Crippen molar-refractivity contribution in [3.8, 4) is 0 Å². The molecule has 0 aromatic carbocycles. The largest absolute Gasteiger partial charge is 0.423 e. The molecule has 1 unspecified atom stereocenters. The van der Waals surface area contributed by atoms with Crippen molar-refractivity contribution in [2.24, 2.45) is 11.3 Å². The van der Waals surface area contributed by atoms with Crippen LogP contribution in [0.4, 0.5) is 0 Å². The number of nitrogens with one attached hydrogen (secondary N) is 1. The Hall–Kier alpha value is -1.39. The van der Waals surface area contributed by atoms with Crippen LogP contribution in [0.2, 0.25) is 0 Å². The minimum Gasteiger partial charge on any atom is -0.423 e. The fourth-order valence-electron chi connectivity index (χ4n) is 1.52. The lowest BCUT2D eigenvalue weighted by atomic mass is 9.94. The molecule has 1 heterocycles. The summed E-state index contributed by atoms with van der Waals surface area (Å²) in [5, 5.41) is 10.8. The number of hydrogen-bond donors (Lipinski definition) is 1. The molecule has 1 N–H and O–H groups in total. The van der Waals surface area contributed by atoms with Gasteiger partial charge in [0.2, 0.25) is 17.7 Å². The van der Waals surface area contributed by atoms with Gasteiger partial charge in [-0.1, -0.05) is 34.6 Å². The van der Waals surface area contributed by atoms with E-state index in [1.807, 2.05) is 20.8 Å². The third-order valence-electron chi connectivity index (χ3n) is 2.53. The Morgan fingerprint density at radius 3 is 2.33 bits per heavy atom. The number of aromatic nitrogens is 2. The smallest absolute Gasteiger partial charge is 0.238 e. The third-order valence-corrected chi connectivity index (χ3v) is 2.53. The molecule has 0 fully saturated rings. The van der Waals surface area contributed by atoms with E-state index in [1.165, 1.54) is 0 Å². The summed E-state index contributed by atoms with van der Waals surface area (Å²) < 4.78 is 5.42. The van der Waals surface area contributed by atoms with Crippen molar-refractivity contribution in [3.63, 3.8) is 0 Å². The van der Waals surface area contributed by atoms with Crippen molar-refractivity contribution in [2.75, 3.05) is 0 Å². The van der Waals surface area contributed by atoms with Gasteiger partial charge >= 0.3 is 0 Å². The van der Waals surface area contributed by atoms with Gasteiger partial charge < -0.3 is 9.73 Å². The van der Waals surface area contributed by atoms with Crippen molar-refractivity contribution in [1.82, 2.24) is 15.5 Å². The molecule has 1 aromatic rings. The number of rotatable bonds is 4. The van der Waals surface area contributed by atoms with Crippen LogP contribution in [0, 0.1) is 18.3 Å². The molecule has 0 saturated heterocycles. The van der Waals surface area contributed by atoms with Gasteiger partial charge in [0.1, 0.15) is 6.04 Å². The first kappa shape index (κ1) is 14.7. The second-order valence-corrected chi connectivity index (χ2v) is 6.06. The molecule has 0 bridgehead atoms. The van der Waals surface area contributed by atoms with E-state index in [1.54, 1.807) is 6.92 Å². The van der Waals surface area contributed by atoms with Crippen LogP contribution in [-0.4, -0.2) is 16.1 Å². The van der Waals surface area contributed by atoms with Crippen LogP contribution in [0.3, 0.4) is 0 Å². The zero-order valence-corrected chi connectivity index (χ0v) is 12.1. The molecule has 0 aliphatic heterocycles. The number of carbonyl (C=O) groups is 1. The number of amides is 1. The van der Waals surface area contributed by atoms with Gasteiger partial charge in [-0.15, -0.1) is 10.2 Å². The maximum atomic E-state index is 12.0. The Morgan fingerprint density at radius 1 is 1.33 bits per heavy atom. The zero-order chi connectivity index (χ0) is 13.9. The molecule has 1 rings (SSSR count). The summed E-state index contributed by atoms with van der Waals surface area (Å²) in [6.07, 6.45) is 0.781. The van der Waals surface area contributed by atoms with Crippen LogP contribution in [0.25, 0.3) is 0 Å². The molecule has 0 aliphatic carbocycles.